The van der Waals surface area contributed by atoms with Gasteiger partial charge in [0.15, 0.2) is 0 Å². The first kappa shape index (κ1) is 16.9. The van der Waals surface area contributed by atoms with Crippen LogP contribution in [0.1, 0.15) is 41.5 Å². The van der Waals surface area contributed by atoms with E-state index in [1.165, 1.54) is 7.11 Å². The molecule has 0 unspecified atom stereocenters. The second-order valence-corrected chi connectivity index (χ2v) is 6.47. The number of rotatable bonds is 4. The molecule has 0 radical (unpaired) electrons. The third kappa shape index (κ3) is 6.59. The molecule has 0 aromatic rings. The zero-order chi connectivity index (χ0) is 14.6. The number of hydrogen-bond donors (Lipinski definition) is 2. The van der Waals surface area contributed by atoms with Crippen molar-refractivity contribution in [3.8, 4) is 0 Å². The van der Waals surface area contributed by atoms with E-state index in [-0.39, 0.29) is 24.0 Å². The zero-order valence-electron chi connectivity index (χ0n) is 12.5. The van der Waals surface area contributed by atoms with Crippen LogP contribution in [-0.4, -0.2) is 37.1 Å². The molecule has 0 spiro atoms. The van der Waals surface area contributed by atoms with Gasteiger partial charge in [-0.15, -0.1) is 0 Å². The van der Waals surface area contributed by atoms with E-state index < -0.39 is 11.5 Å². The van der Waals surface area contributed by atoms with Crippen molar-refractivity contribution >= 4 is 11.8 Å². The molecule has 0 saturated heterocycles. The number of hydrogen-bond acceptors (Lipinski definition) is 3. The van der Waals surface area contributed by atoms with Crippen molar-refractivity contribution in [3.63, 3.8) is 0 Å². The second kappa shape index (κ2) is 6.18. The highest BCUT2D eigenvalue weighted by Crippen LogP contribution is 2.13. The van der Waals surface area contributed by atoms with Gasteiger partial charge in [0, 0.05) is 18.1 Å². The molecule has 5 nitrogen and oxygen atoms in total. The number of ether oxygens (including phenoxy) is 1. The first-order chi connectivity index (χ1) is 7.97. The molecule has 106 valence electrons. The van der Waals surface area contributed by atoms with Crippen LogP contribution in [-0.2, 0) is 14.3 Å². The highest BCUT2D eigenvalue weighted by atomic mass is 16.5. The Morgan fingerprint density at radius 1 is 1.11 bits per heavy atom. The molecule has 0 heterocycles. The van der Waals surface area contributed by atoms with Gasteiger partial charge in [0.1, 0.15) is 6.04 Å². The van der Waals surface area contributed by atoms with E-state index in [1.807, 2.05) is 20.8 Å². The largest absolute Gasteiger partial charge is 0.382 e. The number of nitrogens with one attached hydrogen (secondary N) is 2. The summed E-state index contributed by atoms with van der Waals surface area (Å²) in [6.45, 7) is 11.2. The molecular formula is C13H26N2O3. The van der Waals surface area contributed by atoms with Gasteiger partial charge < -0.3 is 15.4 Å². The number of amides is 2. The topological polar surface area (TPSA) is 67.4 Å². The van der Waals surface area contributed by atoms with Crippen molar-refractivity contribution in [2.75, 3.05) is 13.7 Å². The molecule has 0 fully saturated rings. The zero-order valence-corrected chi connectivity index (χ0v) is 12.5. The SMILES string of the molecule is COC[C@H](NC(=O)C(C)(C)C)C(=O)NC(C)(C)C. The summed E-state index contributed by atoms with van der Waals surface area (Å²) in [7, 11) is 1.50. The summed E-state index contributed by atoms with van der Waals surface area (Å²) in [5.74, 6) is -0.407. The summed E-state index contributed by atoms with van der Waals surface area (Å²) in [6, 6.07) is -0.666. The maximum absolute atomic E-state index is 12.0. The summed E-state index contributed by atoms with van der Waals surface area (Å²) in [5, 5.41) is 5.53. The van der Waals surface area contributed by atoms with Crippen LogP contribution in [0.4, 0.5) is 0 Å². The maximum Gasteiger partial charge on any atom is 0.245 e. The molecule has 2 amide bonds. The molecule has 2 N–H and O–H groups in total. The Bertz CT molecular complexity index is 300. The molecule has 0 saturated carbocycles. The Balaban J connectivity index is 4.67. The van der Waals surface area contributed by atoms with Gasteiger partial charge in [-0.25, -0.2) is 0 Å². The van der Waals surface area contributed by atoms with E-state index in [0.717, 1.165) is 0 Å². The highest BCUT2D eigenvalue weighted by Gasteiger charge is 2.29. The quantitative estimate of drug-likeness (QED) is 0.793. The average molecular weight is 258 g/mol. The molecule has 1 atom stereocenters. The lowest BCUT2D eigenvalue weighted by atomic mass is 9.95. The van der Waals surface area contributed by atoms with Crippen LogP contribution >= 0.6 is 0 Å². The van der Waals surface area contributed by atoms with E-state index in [0.29, 0.717) is 0 Å². The summed E-state index contributed by atoms with van der Waals surface area (Å²) >= 11 is 0. The Hall–Kier alpha value is -1.10. The standard InChI is InChI=1S/C13H26N2O3/c1-12(2,3)11(17)14-9(8-18-7)10(16)15-13(4,5)6/h9H,8H2,1-7H3,(H,14,17)(H,15,16)/t9-/m0/s1. The third-order valence-corrected chi connectivity index (χ3v) is 2.13. The molecule has 0 aliphatic rings. The van der Waals surface area contributed by atoms with Crippen LogP contribution < -0.4 is 10.6 Å². The minimum Gasteiger partial charge on any atom is -0.382 e. The Labute approximate surface area is 110 Å². The van der Waals surface area contributed by atoms with Crippen molar-refractivity contribution in [1.29, 1.82) is 0 Å². The Kier molecular flexibility index (Phi) is 5.80. The molecule has 0 aliphatic carbocycles. The number of carbonyl (C=O) groups is 2. The summed E-state index contributed by atoms with van der Waals surface area (Å²) in [6.07, 6.45) is 0. The van der Waals surface area contributed by atoms with Gasteiger partial charge >= 0.3 is 0 Å². The van der Waals surface area contributed by atoms with Gasteiger partial charge in [-0.05, 0) is 20.8 Å². The lowest BCUT2D eigenvalue weighted by molar-refractivity contribution is -0.135. The fraction of sp³-hybridized carbons (Fsp3) is 0.846. The lowest BCUT2D eigenvalue weighted by Crippen LogP contribution is -2.55. The van der Waals surface area contributed by atoms with Crippen molar-refractivity contribution in [3.05, 3.63) is 0 Å². The monoisotopic (exact) mass is 258 g/mol. The van der Waals surface area contributed by atoms with Crippen LogP contribution in [0.15, 0.2) is 0 Å². The third-order valence-electron chi connectivity index (χ3n) is 2.13. The molecule has 0 aromatic carbocycles. The number of carbonyl (C=O) groups excluding carboxylic acids is 2. The summed E-state index contributed by atoms with van der Waals surface area (Å²) in [4.78, 5) is 23.9. The molecule has 0 bridgehead atoms. The predicted octanol–water partition coefficient (Wildman–Crippen LogP) is 1.08. The van der Waals surface area contributed by atoms with Crippen LogP contribution in [0.2, 0.25) is 0 Å². The van der Waals surface area contributed by atoms with E-state index in [2.05, 4.69) is 10.6 Å². The van der Waals surface area contributed by atoms with E-state index in [4.69, 9.17) is 4.74 Å². The minimum atomic E-state index is -0.666. The molecule has 5 heteroatoms. The van der Waals surface area contributed by atoms with Crippen molar-refractivity contribution in [2.45, 2.75) is 53.1 Å². The van der Waals surface area contributed by atoms with Crippen molar-refractivity contribution in [2.24, 2.45) is 5.41 Å². The van der Waals surface area contributed by atoms with Gasteiger partial charge in [-0.3, -0.25) is 9.59 Å². The fourth-order valence-electron chi connectivity index (χ4n) is 1.18. The van der Waals surface area contributed by atoms with Crippen LogP contribution in [0.5, 0.6) is 0 Å². The van der Waals surface area contributed by atoms with E-state index >= 15 is 0 Å². The van der Waals surface area contributed by atoms with Gasteiger partial charge in [0.25, 0.3) is 0 Å². The molecule has 0 rings (SSSR count). The first-order valence-electron chi connectivity index (χ1n) is 6.09. The van der Waals surface area contributed by atoms with Crippen LogP contribution in [0.25, 0.3) is 0 Å². The van der Waals surface area contributed by atoms with Gasteiger partial charge in [-0.2, -0.15) is 0 Å². The number of methoxy groups -OCH3 is 1. The Morgan fingerprint density at radius 2 is 1.61 bits per heavy atom. The lowest BCUT2D eigenvalue weighted by Gasteiger charge is -2.27. The average Bonchev–Trinajstić information content (AvgIpc) is 2.12. The smallest absolute Gasteiger partial charge is 0.245 e. The molecular weight excluding hydrogens is 232 g/mol. The van der Waals surface area contributed by atoms with E-state index in [9.17, 15) is 9.59 Å². The molecule has 18 heavy (non-hydrogen) atoms. The van der Waals surface area contributed by atoms with Gasteiger partial charge in [0.2, 0.25) is 11.8 Å². The van der Waals surface area contributed by atoms with Crippen LogP contribution in [0.3, 0.4) is 0 Å². The summed E-state index contributed by atoms with van der Waals surface area (Å²) < 4.78 is 4.98. The van der Waals surface area contributed by atoms with Crippen molar-refractivity contribution < 1.29 is 14.3 Å². The fourth-order valence-corrected chi connectivity index (χ4v) is 1.18. The van der Waals surface area contributed by atoms with Gasteiger partial charge in [0.05, 0.1) is 6.61 Å². The normalized spacial score (nSPS) is 13.9. The van der Waals surface area contributed by atoms with E-state index in [1.54, 1.807) is 20.8 Å². The van der Waals surface area contributed by atoms with Gasteiger partial charge in [-0.1, -0.05) is 20.8 Å². The highest BCUT2D eigenvalue weighted by molar-refractivity contribution is 5.89. The Morgan fingerprint density at radius 3 is 1.94 bits per heavy atom. The maximum atomic E-state index is 12.0. The minimum absolute atomic E-state index is 0.156. The first-order valence-corrected chi connectivity index (χ1v) is 6.09. The molecule has 0 aromatic heterocycles. The summed E-state index contributed by atoms with van der Waals surface area (Å²) in [5.41, 5.74) is -0.871. The van der Waals surface area contributed by atoms with Crippen LogP contribution in [0, 0.1) is 5.41 Å². The second-order valence-electron chi connectivity index (χ2n) is 6.47. The van der Waals surface area contributed by atoms with Crippen molar-refractivity contribution in [1.82, 2.24) is 10.6 Å². The molecule has 0 aliphatic heterocycles. The predicted molar refractivity (Wildman–Crippen MR) is 71.2 cm³/mol.